The summed E-state index contributed by atoms with van der Waals surface area (Å²) in [7, 11) is 0. The molecule has 0 amide bonds. The average molecular weight is 264 g/mol. The summed E-state index contributed by atoms with van der Waals surface area (Å²) in [6, 6.07) is 13.4. The van der Waals surface area contributed by atoms with Crippen molar-refractivity contribution in [2.45, 2.75) is 0 Å². The summed E-state index contributed by atoms with van der Waals surface area (Å²) in [4.78, 5) is 17.9. The van der Waals surface area contributed by atoms with E-state index >= 15 is 0 Å². The summed E-state index contributed by atoms with van der Waals surface area (Å²) >= 11 is 0. The van der Waals surface area contributed by atoms with Gasteiger partial charge in [-0.05, 0) is 23.3 Å². The maximum absolute atomic E-state index is 11.0. The van der Waals surface area contributed by atoms with Crippen molar-refractivity contribution in [1.29, 1.82) is 0 Å². The molecule has 4 nitrogen and oxygen atoms in total. The van der Waals surface area contributed by atoms with Crippen LogP contribution in [0.2, 0.25) is 0 Å². The highest BCUT2D eigenvalue weighted by Gasteiger charge is 2.11. The van der Waals surface area contributed by atoms with E-state index in [0.29, 0.717) is 0 Å². The molecule has 2 aromatic heterocycles. The van der Waals surface area contributed by atoms with Crippen LogP contribution in [-0.4, -0.2) is 21.0 Å². The first-order chi connectivity index (χ1) is 9.75. The van der Waals surface area contributed by atoms with Crippen LogP contribution in [0.3, 0.4) is 0 Å². The number of rotatable bonds is 3. The normalized spacial score (nSPS) is 10.4. The maximum Gasteiger partial charge on any atom is 0.352 e. The number of carbonyl (C=O) groups is 1. The third kappa shape index (κ3) is 2.19. The van der Waals surface area contributed by atoms with Crippen molar-refractivity contribution in [2.75, 3.05) is 0 Å². The van der Waals surface area contributed by atoms with Gasteiger partial charge in [0.1, 0.15) is 5.69 Å². The van der Waals surface area contributed by atoms with Crippen LogP contribution in [0, 0.1) is 0 Å². The van der Waals surface area contributed by atoms with Crippen LogP contribution in [0.5, 0.6) is 0 Å². The lowest BCUT2D eigenvalue weighted by Gasteiger charge is -2.07. The highest BCUT2D eigenvalue weighted by atomic mass is 16.4. The van der Waals surface area contributed by atoms with Crippen molar-refractivity contribution >= 4 is 5.97 Å². The smallest absolute Gasteiger partial charge is 0.352 e. The molecule has 0 bridgehead atoms. The molecule has 1 aromatic carbocycles. The first-order valence-corrected chi connectivity index (χ1v) is 6.17. The van der Waals surface area contributed by atoms with E-state index in [0.717, 1.165) is 22.3 Å². The molecule has 0 aliphatic rings. The Bertz CT molecular complexity index is 748. The monoisotopic (exact) mass is 264 g/mol. The van der Waals surface area contributed by atoms with Gasteiger partial charge in [-0.2, -0.15) is 0 Å². The average Bonchev–Trinajstić information content (AvgIpc) is 2.98. The predicted octanol–water partition coefficient (Wildman–Crippen LogP) is 3.44. The molecule has 0 saturated heterocycles. The highest BCUT2D eigenvalue weighted by Crippen LogP contribution is 2.31. The van der Waals surface area contributed by atoms with Gasteiger partial charge in [0, 0.05) is 29.7 Å². The Morgan fingerprint density at radius 3 is 2.55 bits per heavy atom. The minimum atomic E-state index is -0.966. The fourth-order valence-corrected chi connectivity index (χ4v) is 2.17. The van der Waals surface area contributed by atoms with Gasteiger partial charge in [0.25, 0.3) is 0 Å². The van der Waals surface area contributed by atoms with Crippen molar-refractivity contribution in [3.8, 4) is 22.3 Å². The second kappa shape index (κ2) is 5.01. The lowest BCUT2D eigenvalue weighted by molar-refractivity contribution is 0.0691. The van der Waals surface area contributed by atoms with E-state index in [9.17, 15) is 4.79 Å². The van der Waals surface area contributed by atoms with Gasteiger partial charge in [0.15, 0.2) is 0 Å². The molecule has 0 saturated carbocycles. The first-order valence-electron chi connectivity index (χ1n) is 6.17. The third-order valence-corrected chi connectivity index (χ3v) is 3.13. The van der Waals surface area contributed by atoms with Crippen molar-refractivity contribution in [3.05, 3.63) is 66.7 Å². The van der Waals surface area contributed by atoms with Crippen molar-refractivity contribution < 1.29 is 9.90 Å². The molecule has 0 aliphatic carbocycles. The van der Waals surface area contributed by atoms with Crippen LogP contribution >= 0.6 is 0 Å². The lowest BCUT2D eigenvalue weighted by Crippen LogP contribution is -1.94. The SMILES string of the molecule is O=C(O)c1cc(-c2ccncc2-c2ccccc2)c[nH]1. The van der Waals surface area contributed by atoms with Crippen LogP contribution in [0.4, 0.5) is 0 Å². The Hall–Kier alpha value is -2.88. The molecule has 0 unspecified atom stereocenters. The molecule has 0 radical (unpaired) electrons. The highest BCUT2D eigenvalue weighted by molar-refractivity contribution is 5.90. The molecule has 2 N–H and O–H groups in total. The summed E-state index contributed by atoms with van der Waals surface area (Å²) in [5.41, 5.74) is 3.99. The number of pyridine rings is 1. The molecule has 2 heterocycles. The zero-order valence-electron chi connectivity index (χ0n) is 10.6. The summed E-state index contributed by atoms with van der Waals surface area (Å²) < 4.78 is 0. The number of aromatic nitrogens is 2. The number of hydrogen-bond acceptors (Lipinski definition) is 2. The van der Waals surface area contributed by atoms with Gasteiger partial charge in [-0.15, -0.1) is 0 Å². The number of H-pyrrole nitrogens is 1. The molecule has 0 aliphatic heterocycles. The van der Waals surface area contributed by atoms with Gasteiger partial charge in [-0.1, -0.05) is 30.3 Å². The minimum Gasteiger partial charge on any atom is -0.477 e. The maximum atomic E-state index is 11.0. The van der Waals surface area contributed by atoms with Crippen molar-refractivity contribution in [1.82, 2.24) is 9.97 Å². The fourth-order valence-electron chi connectivity index (χ4n) is 2.17. The van der Waals surface area contributed by atoms with Gasteiger partial charge in [-0.3, -0.25) is 4.98 Å². The predicted molar refractivity (Wildman–Crippen MR) is 76.4 cm³/mol. The van der Waals surface area contributed by atoms with E-state index in [1.165, 1.54) is 0 Å². The second-order valence-corrected chi connectivity index (χ2v) is 4.39. The Balaban J connectivity index is 2.12. The molecule has 0 fully saturated rings. The van der Waals surface area contributed by atoms with Crippen LogP contribution in [-0.2, 0) is 0 Å². The summed E-state index contributed by atoms with van der Waals surface area (Å²) in [6.45, 7) is 0. The number of aromatic amines is 1. The zero-order valence-corrected chi connectivity index (χ0v) is 10.6. The Morgan fingerprint density at radius 1 is 1.05 bits per heavy atom. The van der Waals surface area contributed by atoms with E-state index < -0.39 is 5.97 Å². The second-order valence-electron chi connectivity index (χ2n) is 4.39. The summed E-state index contributed by atoms with van der Waals surface area (Å²) in [5.74, 6) is -0.966. The minimum absolute atomic E-state index is 0.177. The van der Waals surface area contributed by atoms with Crippen LogP contribution in [0.1, 0.15) is 10.5 Å². The summed E-state index contributed by atoms with van der Waals surface area (Å²) in [5, 5.41) is 8.99. The van der Waals surface area contributed by atoms with Gasteiger partial charge in [-0.25, -0.2) is 4.79 Å². The number of carboxylic acid groups (broad SMARTS) is 1. The van der Waals surface area contributed by atoms with E-state index in [4.69, 9.17) is 5.11 Å². The van der Waals surface area contributed by atoms with Crippen LogP contribution in [0.15, 0.2) is 61.1 Å². The zero-order chi connectivity index (χ0) is 13.9. The number of benzene rings is 1. The molecule has 20 heavy (non-hydrogen) atoms. The topological polar surface area (TPSA) is 66.0 Å². The van der Waals surface area contributed by atoms with E-state index in [1.807, 2.05) is 36.4 Å². The van der Waals surface area contributed by atoms with Gasteiger partial charge < -0.3 is 10.1 Å². The van der Waals surface area contributed by atoms with Crippen LogP contribution < -0.4 is 0 Å². The quantitative estimate of drug-likeness (QED) is 0.761. The van der Waals surface area contributed by atoms with Crippen molar-refractivity contribution in [2.24, 2.45) is 0 Å². The first kappa shape index (κ1) is 12.2. The molecular formula is C16H12N2O2. The van der Waals surface area contributed by atoms with Crippen molar-refractivity contribution in [3.63, 3.8) is 0 Å². The number of nitrogens with one attached hydrogen (secondary N) is 1. The van der Waals surface area contributed by atoms with Gasteiger partial charge >= 0.3 is 5.97 Å². The number of nitrogens with zero attached hydrogens (tertiary/aromatic N) is 1. The van der Waals surface area contributed by atoms with Crippen LogP contribution in [0.25, 0.3) is 22.3 Å². The van der Waals surface area contributed by atoms with E-state index in [-0.39, 0.29) is 5.69 Å². The lowest BCUT2D eigenvalue weighted by atomic mass is 9.98. The Kier molecular flexibility index (Phi) is 3.05. The van der Waals surface area contributed by atoms with E-state index in [1.54, 1.807) is 24.7 Å². The molecule has 4 heteroatoms. The Labute approximate surface area is 115 Å². The molecule has 0 atom stereocenters. The largest absolute Gasteiger partial charge is 0.477 e. The number of carboxylic acids is 1. The molecule has 3 rings (SSSR count). The fraction of sp³-hybridized carbons (Fsp3) is 0. The molecule has 98 valence electrons. The van der Waals surface area contributed by atoms with Gasteiger partial charge in [0.05, 0.1) is 0 Å². The summed E-state index contributed by atoms with van der Waals surface area (Å²) in [6.07, 6.45) is 5.19. The number of hydrogen-bond donors (Lipinski definition) is 2. The Morgan fingerprint density at radius 2 is 1.85 bits per heavy atom. The molecule has 0 spiro atoms. The van der Waals surface area contributed by atoms with Gasteiger partial charge in [0.2, 0.25) is 0 Å². The molecular weight excluding hydrogens is 252 g/mol. The third-order valence-electron chi connectivity index (χ3n) is 3.13. The van der Waals surface area contributed by atoms with E-state index in [2.05, 4.69) is 9.97 Å². The molecule has 3 aromatic rings. The standard InChI is InChI=1S/C16H12N2O2/c19-16(20)15-8-12(9-18-15)13-6-7-17-10-14(13)11-4-2-1-3-5-11/h1-10,18H,(H,19,20). The number of aromatic carboxylic acids is 1.